The van der Waals surface area contributed by atoms with E-state index in [4.69, 9.17) is 0 Å². The molecule has 2 rings (SSSR count). The number of benzene rings is 1. The predicted octanol–water partition coefficient (Wildman–Crippen LogP) is 2.81. The summed E-state index contributed by atoms with van der Waals surface area (Å²) in [5.74, 6) is -1.67. The number of thiol groups is 1. The Labute approximate surface area is 104 Å². The van der Waals surface area contributed by atoms with Crippen LogP contribution in [0.2, 0.25) is 0 Å². The largest absolute Gasteiger partial charge is 0.305 e. The summed E-state index contributed by atoms with van der Waals surface area (Å²) in [6.45, 7) is 0. The van der Waals surface area contributed by atoms with E-state index in [-0.39, 0.29) is 11.4 Å². The van der Waals surface area contributed by atoms with Gasteiger partial charge in [0.05, 0.1) is 5.56 Å². The Hall–Kier alpha value is -0.950. The van der Waals surface area contributed by atoms with Crippen molar-refractivity contribution >= 4 is 28.6 Å². The average Bonchev–Trinajstić information content (AvgIpc) is 2.56. The summed E-state index contributed by atoms with van der Waals surface area (Å²) >= 11 is 7.17. The van der Waals surface area contributed by atoms with Crippen LogP contribution < -0.4 is 0 Å². The minimum Gasteiger partial charge on any atom is -0.305 e. The molecule has 0 N–H and O–H groups in total. The molecule has 1 aromatic carbocycles. The molecule has 0 aliphatic rings. The number of hydrogen-bond donors (Lipinski definition) is 1. The molecule has 1 heterocycles. The smallest absolute Gasteiger partial charge is 0.188 e. The van der Waals surface area contributed by atoms with Gasteiger partial charge in [0, 0.05) is 11.5 Å². The fraction of sp³-hybridized carbons (Fsp3) is 0.111. The van der Waals surface area contributed by atoms with Crippen LogP contribution in [0.3, 0.4) is 0 Å². The molecule has 0 bridgehead atoms. The predicted molar refractivity (Wildman–Crippen MR) is 61.3 cm³/mol. The van der Waals surface area contributed by atoms with Crippen LogP contribution in [0.5, 0.6) is 0 Å². The zero-order valence-corrected chi connectivity index (χ0v) is 10.6. The molecular formula is C9H6BrF2N3S. The Balaban J connectivity index is 2.73. The standard InChI is InChI=1S/C9H6BrF2N3S/c1-15-8(13-14-9(15)16)6-4(10)2-3-5(11)7(6)12/h2-3H,1H3,(H,14,16). The Morgan fingerprint density at radius 3 is 2.56 bits per heavy atom. The normalized spacial score (nSPS) is 10.8. The zero-order chi connectivity index (χ0) is 11.9. The molecule has 84 valence electrons. The zero-order valence-electron chi connectivity index (χ0n) is 8.08. The third-order valence-corrected chi connectivity index (χ3v) is 3.17. The first-order valence-corrected chi connectivity index (χ1v) is 5.48. The first-order chi connectivity index (χ1) is 7.52. The van der Waals surface area contributed by atoms with Gasteiger partial charge >= 0.3 is 0 Å². The minimum atomic E-state index is -0.960. The number of aromatic nitrogens is 3. The molecule has 0 unspecified atom stereocenters. The van der Waals surface area contributed by atoms with Gasteiger partial charge in [-0.2, -0.15) is 0 Å². The van der Waals surface area contributed by atoms with Gasteiger partial charge < -0.3 is 4.57 Å². The highest BCUT2D eigenvalue weighted by Crippen LogP contribution is 2.31. The second-order valence-corrected chi connectivity index (χ2v) is 4.36. The fourth-order valence-electron chi connectivity index (χ4n) is 1.27. The van der Waals surface area contributed by atoms with Crippen LogP contribution in [0.25, 0.3) is 11.4 Å². The van der Waals surface area contributed by atoms with Crippen LogP contribution in [-0.4, -0.2) is 14.8 Å². The summed E-state index contributed by atoms with van der Waals surface area (Å²) in [5, 5.41) is 7.74. The van der Waals surface area contributed by atoms with Crippen molar-refractivity contribution in [3.05, 3.63) is 28.2 Å². The van der Waals surface area contributed by atoms with Gasteiger partial charge in [0.2, 0.25) is 0 Å². The molecule has 1 aromatic heterocycles. The van der Waals surface area contributed by atoms with Crippen LogP contribution in [-0.2, 0) is 7.05 Å². The molecule has 2 aromatic rings. The van der Waals surface area contributed by atoms with Crippen LogP contribution in [0.1, 0.15) is 0 Å². The first-order valence-electron chi connectivity index (χ1n) is 4.24. The molecule has 0 atom stereocenters. The van der Waals surface area contributed by atoms with Gasteiger partial charge in [-0.3, -0.25) is 0 Å². The maximum Gasteiger partial charge on any atom is 0.188 e. The van der Waals surface area contributed by atoms with Gasteiger partial charge in [-0.25, -0.2) is 8.78 Å². The van der Waals surface area contributed by atoms with Crippen molar-refractivity contribution in [2.24, 2.45) is 7.05 Å². The molecule has 0 fully saturated rings. The van der Waals surface area contributed by atoms with Crippen LogP contribution >= 0.6 is 28.6 Å². The molecule has 7 heteroatoms. The van der Waals surface area contributed by atoms with Crippen LogP contribution in [0.15, 0.2) is 21.8 Å². The van der Waals surface area contributed by atoms with Gasteiger partial charge in [-0.1, -0.05) is 0 Å². The molecule has 0 spiro atoms. The SMILES string of the molecule is Cn1c(S)nnc1-c1c(Br)ccc(F)c1F. The summed E-state index contributed by atoms with van der Waals surface area (Å²) in [6, 6.07) is 2.46. The van der Waals surface area contributed by atoms with Gasteiger partial charge in [0.15, 0.2) is 22.6 Å². The van der Waals surface area contributed by atoms with E-state index >= 15 is 0 Å². The van der Waals surface area contributed by atoms with E-state index in [1.165, 1.54) is 10.6 Å². The van der Waals surface area contributed by atoms with E-state index < -0.39 is 11.6 Å². The monoisotopic (exact) mass is 305 g/mol. The molecule has 0 aliphatic heterocycles. The topological polar surface area (TPSA) is 30.7 Å². The Morgan fingerprint density at radius 2 is 2.00 bits per heavy atom. The van der Waals surface area contributed by atoms with Crippen molar-refractivity contribution in [2.75, 3.05) is 0 Å². The molecule has 0 saturated heterocycles. The summed E-state index contributed by atoms with van der Waals surface area (Å²) in [7, 11) is 1.62. The molecular weight excluding hydrogens is 300 g/mol. The molecule has 0 saturated carbocycles. The molecule has 0 amide bonds. The Bertz CT molecular complexity index is 556. The van der Waals surface area contributed by atoms with E-state index in [2.05, 4.69) is 38.8 Å². The number of nitrogens with zero attached hydrogens (tertiary/aromatic N) is 3. The summed E-state index contributed by atoms with van der Waals surface area (Å²) in [5.41, 5.74) is 0.0373. The van der Waals surface area contributed by atoms with Crippen LogP contribution in [0, 0.1) is 11.6 Å². The quantitative estimate of drug-likeness (QED) is 0.649. The van der Waals surface area contributed by atoms with E-state index in [9.17, 15) is 8.78 Å². The molecule has 3 nitrogen and oxygen atoms in total. The maximum absolute atomic E-state index is 13.6. The Kier molecular flexibility index (Phi) is 2.98. The van der Waals surface area contributed by atoms with Crippen molar-refractivity contribution < 1.29 is 8.78 Å². The fourth-order valence-corrected chi connectivity index (χ4v) is 1.89. The van der Waals surface area contributed by atoms with Gasteiger partial charge in [0.1, 0.15) is 0 Å². The highest BCUT2D eigenvalue weighted by molar-refractivity contribution is 9.10. The van der Waals surface area contributed by atoms with E-state index in [0.29, 0.717) is 9.63 Å². The summed E-state index contributed by atoms with van der Waals surface area (Å²) < 4.78 is 28.6. The lowest BCUT2D eigenvalue weighted by atomic mass is 10.2. The van der Waals surface area contributed by atoms with Gasteiger partial charge in [-0.15, -0.1) is 22.8 Å². The first kappa shape index (κ1) is 11.5. The molecule has 0 radical (unpaired) electrons. The minimum absolute atomic E-state index is 0.0373. The lowest BCUT2D eigenvalue weighted by Crippen LogP contribution is -1.98. The van der Waals surface area contributed by atoms with Gasteiger partial charge in [-0.05, 0) is 28.1 Å². The lowest BCUT2D eigenvalue weighted by Gasteiger charge is -2.06. The van der Waals surface area contributed by atoms with Crippen molar-refractivity contribution in [2.45, 2.75) is 5.16 Å². The third kappa shape index (κ3) is 1.73. The van der Waals surface area contributed by atoms with E-state index in [0.717, 1.165) is 6.07 Å². The number of rotatable bonds is 1. The third-order valence-electron chi connectivity index (χ3n) is 2.12. The number of halogens is 3. The van der Waals surface area contributed by atoms with Crippen molar-refractivity contribution in [1.29, 1.82) is 0 Å². The average molecular weight is 306 g/mol. The van der Waals surface area contributed by atoms with Crippen LogP contribution in [0.4, 0.5) is 8.78 Å². The maximum atomic E-state index is 13.6. The van der Waals surface area contributed by atoms with Gasteiger partial charge in [0.25, 0.3) is 0 Å². The van der Waals surface area contributed by atoms with Crippen molar-refractivity contribution in [1.82, 2.24) is 14.8 Å². The molecule has 0 aliphatic carbocycles. The van der Waals surface area contributed by atoms with Crippen molar-refractivity contribution in [3.63, 3.8) is 0 Å². The number of hydrogen-bond acceptors (Lipinski definition) is 3. The lowest BCUT2D eigenvalue weighted by molar-refractivity contribution is 0.509. The second-order valence-electron chi connectivity index (χ2n) is 3.10. The molecule has 16 heavy (non-hydrogen) atoms. The highest BCUT2D eigenvalue weighted by atomic mass is 79.9. The highest BCUT2D eigenvalue weighted by Gasteiger charge is 2.19. The second kappa shape index (κ2) is 4.14. The summed E-state index contributed by atoms with van der Waals surface area (Å²) in [4.78, 5) is 0. The van der Waals surface area contributed by atoms with E-state index in [1.54, 1.807) is 7.05 Å². The summed E-state index contributed by atoms with van der Waals surface area (Å²) in [6.07, 6.45) is 0. The van der Waals surface area contributed by atoms with Crippen molar-refractivity contribution in [3.8, 4) is 11.4 Å². The Morgan fingerprint density at radius 1 is 1.31 bits per heavy atom. The van der Waals surface area contributed by atoms with E-state index in [1.807, 2.05) is 0 Å².